The Kier molecular flexibility index (Phi) is 2.34. The van der Waals surface area contributed by atoms with Crippen LogP contribution in [0.1, 0.15) is 37.7 Å². The van der Waals surface area contributed by atoms with E-state index in [9.17, 15) is 8.78 Å². The van der Waals surface area contributed by atoms with Gasteiger partial charge < -0.3 is 4.90 Å². The lowest BCUT2D eigenvalue weighted by Gasteiger charge is -2.39. The van der Waals surface area contributed by atoms with Crippen molar-refractivity contribution in [1.82, 2.24) is 4.90 Å². The summed E-state index contributed by atoms with van der Waals surface area (Å²) < 4.78 is 27.6. The van der Waals surface area contributed by atoms with Crippen LogP contribution in [0.3, 0.4) is 0 Å². The molecular formula is C17H18F2N2. The third-order valence-electron chi connectivity index (χ3n) is 5.91. The Bertz CT molecular complexity index is 640. The molecule has 0 unspecified atom stereocenters. The summed E-state index contributed by atoms with van der Waals surface area (Å²) in [5, 5.41) is 0. The smallest absolute Gasteiger partial charge is 0.133 e. The molecule has 4 bridgehead atoms. The van der Waals surface area contributed by atoms with Crippen LogP contribution < -0.4 is 0 Å². The molecule has 110 valence electrons. The third-order valence-corrected chi connectivity index (χ3v) is 5.91. The number of rotatable bonds is 0. The quantitative estimate of drug-likeness (QED) is 0.704. The van der Waals surface area contributed by atoms with Crippen molar-refractivity contribution in [3.8, 4) is 0 Å². The summed E-state index contributed by atoms with van der Waals surface area (Å²) in [7, 11) is 0. The van der Waals surface area contributed by atoms with Gasteiger partial charge in [-0.1, -0.05) is 0 Å². The van der Waals surface area contributed by atoms with Crippen LogP contribution >= 0.6 is 0 Å². The molecule has 0 amide bonds. The normalized spacial score (nSPS) is 36.1. The van der Waals surface area contributed by atoms with E-state index in [4.69, 9.17) is 4.99 Å². The highest BCUT2D eigenvalue weighted by Gasteiger charge is 2.46. The zero-order valence-electron chi connectivity index (χ0n) is 11.9. The number of amidine groups is 1. The highest BCUT2D eigenvalue weighted by atomic mass is 19.1. The molecule has 4 heteroatoms. The van der Waals surface area contributed by atoms with Crippen LogP contribution in [0, 0.1) is 29.4 Å². The van der Waals surface area contributed by atoms with Gasteiger partial charge in [0.15, 0.2) is 0 Å². The summed E-state index contributed by atoms with van der Waals surface area (Å²) in [4.78, 5) is 7.05. The van der Waals surface area contributed by atoms with Crippen molar-refractivity contribution < 1.29 is 8.78 Å². The fraction of sp³-hybridized carbons (Fsp3) is 0.588. The molecule has 2 atom stereocenters. The minimum absolute atomic E-state index is 0.447. The van der Waals surface area contributed by atoms with Gasteiger partial charge in [0.05, 0.1) is 5.69 Å². The molecule has 2 nitrogen and oxygen atoms in total. The first-order valence-corrected chi connectivity index (χ1v) is 8.00. The van der Waals surface area contributed by atoms with E-state index in [0.717, 1.165) is 23.7 Å². The standard InChI is InChI=1S/C17H18F2N2/c18-12-6-15(19)14-8-21-13-4-9-1-10(5-13)3-11(2-9)17(21)20-16(14)7-12/h6-7,9-11,13H,1-5,8H2/t9-,10-,11?,13?/m0/s1. The van der Waals surface area contributed by atoms with Crippen molar-refractivity contribution in [2.45, 2.75) is 44.7 Å². The molecule has 0 spiro atoms. The number of aliphatic imine (C=N–C) groups is 1. The molecule has 3 aliphatic heterocycles. The maximum Gasteiger partial charge on any atom is 0.133 e. The van der Waals surface area contributed by atoms with Crippen molar-refractivity contribution in [1.29, 1.82) is 0 Å². The average molecular weight is 288 g/mol. The van der Waals surface area contributed by atoms with Crippen LogP contribution in [0.25, 0.3) is 0 Å². The first kappa shape index (κ1) is 12.1. The van der Waals surface area contributed by atoms with Crippen molar-refractivity contribution in [2.24, 2.45) is 22.7 Å². The Hall–Kier alpha value is -1.45. The summed E-state index contributed by atoms with van der Waals surface area (Å²) in [6.45, 7) is 0.570. The van der Waals surface area contributed by atoms with Gasteiger partial charge in [-0.2, -0.15) is 0 Å². The maximum absolute atomic E-state index is 14.1. The predicted molar refractivity (Wildman–Crippen MR) is 76.3 cm³/mol. The molecule has 0 N–H and O–H groups in total. The Morgan fingerprint density at radius 2 is 1.76 bits per heavy atom. The average Bonchev–Trinajstić information content (AvgIpc) is 2.59. The van der Waals surface area contributed by atoms with Gasteiger partial charge in [0, 0.05) is 36.2 Å². The van der Waals surface area contributed by atoms with Crippen LogP contribution in [0.4, 0.5) is 14.5 Å². The van der Waals surface area contributed by atoms with Crippen LogP contribution in [0.5, 0.6) is 0 Å². The lowest BCUT2D eigenvalue weighted by molar-refractivity contribution is 0.127. The fourth-order valence-corrected chi connectivity index (χ4v) is 5.21. The third kappa shape index (κ3) is 1.71. The van der Waals surface area contributed by atoms with E-state index in [0.29, 0.717) is 29.8 Å². The monoisotopic (exact) mass is 288 g/mol. The summed E-state index contributed by atoms with van der Waals surface area (Å²) >= 11 is 0. The van der Waals surface area contributed by atoms with Crippen molar-refractivity contribution >= 4 is 11.5 Å². The van der Waals surface area contributed by atoms with Gasteiger partial charge in [-0.3, -0.25) is 0 Å². The van der Waals surface area contributed by atoms with E-state index in [1.807, 2.05) is 0 Å². The second kappa shape index (κ2) is 4.05. The predicted octanol–water partition coefficient (Wildman–Crippen LogP) is 4.02. The molecular weight excluding hydrogens is 270 g/mol. The van der Waals surface area contributed by atoms with Gasteiger partial charge in [0.2, 0.25) is 0 Å². The highest BCUT2D eigenvalue weighted by Crippen LogP contribution is 2.50. The van der Waals surface area contributed by atoms with E-state index >= 15 is 0 Å². The molecule has 3 heterocycles. The molecule has 0 radical (unpaired) electrons. The second-order valence-electron chi connectivity index (χ2n) is 7.24. The van der Waals surface area contributed by atoms with Crippen LogP contribution in [-0.2, 0) is 6.54 Å². The lowest BCUT2D eigenvalue weighted by atomic mass is 9.68. The number of halogens is 2. The number of benzene rings is 1. The Morgan fingerprint density at radius 1 is 1.00 bits per heavy atom. The minimum Gasteiger partial charge on any atom is -0.352 e. The molecule has 1 aromatic rings. The van der Waals surface area contributed by atoms with Gasteiger partial charge in [0.25, 0.3) is 0 Å². The largest absolute Gasteiger partial charge is 0.352 e. The maximum atomic E-state index is 14.1. The number of hydrogen-bond acceptors (Lipinski definition) is 2. The van der Waals surface area contributed by atoms with E-state index < -0.39 is 11.6 Å². The fourth-order valence-electron chi connectivity index (χ4n) is 5.21. The Morgan fingerprint density at radius 3 is 2.52 bits per heavy atom. The molecule has 1 aromatic carbocycles. The molecule has 21 heavy (non-hydrogen) atoms. The number of hydrogen-bond donors (Lipinski definition) is 0. The van der Waals surface area contributed by atoms with E-state index in [1.165, 1.54) is 38.2 Å². The molecule has 6 rings (SSSR count). The van der Waals surface area contributed by atoms with Crippen molar-refractivity contribution in [3.05, 3.63) is 29.3 Å². The topological polar surface area (TPSA) is 15.6 Å². The summed E-state index contributed by atoms with van der Waals surface area (Å²) in [6.07, 6.45) is 6.25. The second-order valence-corrected chi connectivity index (χ2v) is 7.24. The molecule has 2 aliphatic carbocycles. The van der Waals surface area contributed by atoms with Gasteiger partial charge in [-0.05, 0) is 43.9 Å². The molecule has 0 aromatic heterocycles. The number of fused-ring (bicyclic) bond motifs is 1. The van der Waals surface area contributed by atoms with Crippen molar-refractivity contribution in [3.63, 3.8) is 0 Å². The minimum atomic E-state index is -0.525. The lowest BCUT2D eigenvalue weighted by Crippen LogP contribution is -2.42. The van der Waals surface area contributed by atoms with Crippen LogP contribution in [0.15, 0.2) is 17.1 Å². The SMILES string of the molecule is Fc1cc(F)c2c(c1)N=C1C3C[C@H]4CC(C[C@H](C3)C4)N1C2. The zero-order chi connectivity index (χ0) is 14.1. The number of nitrogens with zero attached hydrogens (tertiary/aromatic N) is 2. The van der Waals surface area contributed by atoms with Gasteiger partial charge >= 0.3 is 0 Å². The van der Waals surface area contributed by atoms with Gasteiger partial charge in [-0.15, -0.1) is 0 Å². The molecule has 5 aliphatic rings. The van der Waals surface area contributed by atoms with Crippen LogP contribution in [0.2, 0.25) is 0 Å². The Balaban J connectivity index is 1.66. The van der Waals surface area contributed by atoms with E-state index in [-0.39, 0.29) is 0 Å². The van der Waals surface area contributed by atoms with E-state index in [1.54, 1.807) is 0 Å². The first-order valence-electron chi connectivity index (χ1n) is 8.00. The summed E-state index contributed by atoms with van der Waals surface area (Å²) in [5.74, 6) is 2.26. The summed E-state index contributed by atoms with van der Waals surface area (Å²) in [6, 6.07) is 2.89. The van der Waals surface area contributed by atoms with E-state index in [2.05, 4.69) is 4.90 Å². The van der Waals surface area contributed by atoms with Gasteiger partial charge in [-0.25, -0.2) is 13.8 Å². The molecule has 2 saturated carbocycles. The first-order chi connectivity index (χ1) is 10.2. The van der Waals surface area contributed by atoms with Gasteiger partial charge in [0.1, 0.15) is 17.5 Å². The zero-order valence-corrected chi connectivity index (χ0v) is 11.9. The molecule has 2 saturated heterocycles. The molecule has 4 fully saturated rings. The summed E-state index contributed by atoms with van der Waals surface area (Å²) in [5.41, 5.74) is 1.08. The van der Waals surface area contributed by atoms with Crippen molar-refractivity contribution in [2.75, 3.05) is 0 Å². The van der Waals surface area contributed by atoms with Crippen LogP contribution in [-0.4, -0.2) is 16.8 Å². The Labute approximate surface area is 122 Å². The highest BCUT2D eigenvalue weighted by molar-refractivity contribution is 5.90.